The lowest BCUT2D eigenvalue weighted by Gasteiger charge is -2.34. The number of amides is 1. The van der Waals surface area contributed by atoms with Crippen LogP contribution in [0.1, 0.15) is 73.6 Å². The van der Waals surface area contributed by atoms with Crippen molar-refractivity contribution >= 4 is 17.6 Å². The molecule has 2 heterocycles. The minimum absolute atomic E-state index is 0.0606. The van der Waals surface area contributed by atoms with E-state index in [2.05, 4.69) is 16.9 Å². The number of carboxylic acid groups (broad SMARTS) is 1. The van der Waals surface area contributed by atoms with Gasteiger partial charge in [0, 0.05) is 41.5 Å². The van der Waals surface area contributed by atoms with Crippen LogP contribution in [0.3, 0.4) is 0 Å². The number of rotatable bonds is 9. The van der Waals surface area contributed by atoms with Crippen LogP contribution < -0.4 is 14.4 Å². The van der Waals surface area contributed by atoms with E-state index in [9.17, 15) is 27.9 Å². The van der Waals surface area contributed by atoms with Gasteiger partial charge in [0.05, 0.1) is 17.4 Å². The van der Waals surface area contributed by atoms with Crippen LogP contribution in [0.5, 0.6) is 17.4 Å². The third-order valence-electron chi connectivity index (χ3n) is 7.37. The Hall–Kier alpha value is -4.22. The number of anilines is 1. The van der Waals surface area contributed by atoms with E-state index in [1.165, 1.54) is 11.1 Å². The minimum Gasteiger partial charge on any atom is -0.487 e. The molecule has 0 unspecified atom stereocenters. The highest BCUT2D eigenvalue weighted by molar-refractivity contribution is 6.03. The SMILES string of the molecule is Cc1ccc(OCc2cnc(Oc3cc(C(=O)O)c(N(C(=O)C4CCC(C)CC4)C(C)C)cc3F)c(C(F)(F)F)c2)cn1. The topological polar surface area (TPSA) is 102 Å². The smallest absolute Gasteiger partial charge is 0.421 e. The zero-order valence-corrected chi connectivity index (χ0v) is 24.2. The monoisotopic (exact) mass is 603 g/mol. The van der Waals surface area contributed by atoms with E-state index in [1.54, 1.807) is 32.9 Å². The molecule has 1 aliphatic rings. The van der Waals surface area contributed by atoms with E-state index in [4.69, 9.17) is 9.47 Å². The molecule has 1 saturated carbocycles. The Bertz CT molecular complexity index is 1470. The molecule has 43 heavy (non-hydrogen) atoms. The molecule has 3 aromatic rings. The van der Waals surface area contributed by atoms with Crippen LogP contribution in [0.25, 0.3) is 0 Å². The molecule has 1 aromatic carbocycles. The van der Waals surface area contributed by atoms with Crippen molar-refractivity contribution in [2.75, 3.05) is 4.90 Å². The Morgan fingerprint density at radius 3 is 2.35 bits per heavy atom. The second-order valence-electron chi connectivity index (χ2n) is 11.1. The van der Waals surface area contributed by atoms with E-state index in [-0.39, 0.29) is 29.7 Å². The van der Waals surface area contributed by atoms with Crippen LogP contribution in [0.15, 0.2) is 42.7 Å². The molecule has 0 saturated heterocycles. The van der Waals surface area contributed by atoms with Crippen LogP contribution in [-0.2, 0) is 17.6 Å². The average molecular weight is 604 g/mol. The number of aromatic nitrogens is 2. The fourth-order valence-electron chi connectivity index (χ4n) is 5.02. The molecule has 0 atom stereocenters. The summed E-state index contributed by atoms with van der Waals surface area (Å²) in [5.41, 5.74) is -1.19. The number of carbonyl (C=O) groups excluding carboxylic acids is 1. The van der Waals surface area contributed by atoms with Gasteiger partial charge < -0.3 is 19.5 Å². The predicted molar refractivity (Wildman–Crippen MR) is 150 cm³/mol. The number of aromatic carboxylic acids is 1. The molecule has 1 aliphatic carbocycles. The number of halogens is 4. The first kappa shape index (κ1) is 31.7. The molecular weight excluding hydrogens is 570 g/mol. The molecule has 230 valence electrons. The van der Waals surface area contributed by atoms with E-state index < -0.39 is 46.8 Å². The number of aryl methyl sites for hydroxylation is 1. The first-order chi connectivity index (χ1) is 20.2. The van der Waals surface area contributed by atoms with Crippen molar-refractivity contribution in [3.63, 3.8) is 0 Å². The molecule has 0 radical (unpaired) electrons. The summed E-state index contributed by atoms with van der Waals surface area (Å²) in [6.45, 7) is 6.97. The summed E-state index contributed by atoms with van der Waals surface area (Å²) < 4.78 is 68.1. The van der Waals surface area contributed by atoms with E-state index >= 15 is 4.39 Å². The number of nitrogens with zero attached hydrogens (tertiary/aromatic N) is 3. The Morgan fingerprint density at radius 1 is 1.07 bits per heavy atom. The summed E-state index contributed by atoms with van der Waals surface area (Å²) in [5.74, 6) is -4.25. The number of ether oxygens (including phenoxy) is 2. The van der Waals surface area contributed by atoms with Crippen molar-refractivity contribution in [2.24, 2.45) is 11.8 Å². The first-order valence-electron chi connectivity index (χ1n) is 13.9. The zero-order valence-electron chi connectivity index (χ0n) is 24.2. The largest absolute Gasteiger partial charge is 0.487 e. The van der Waals surface area contributed by atoms with Crippen molar-refractivity contribution in [3.05, 3.63) is 70.9 Å². The third-order valence-corrected chi connectivity index (χ3v) is 7.37. The number of hydrogen-bond donors (Lipinski definition) is 1. The van der Waals surface area contributed by atoms with E-state index in [1.807, 2.05) is 0 Å². The van der Waals surface area contributed by atoms with Crippen LogP contribution in [-0.4, -0.2) is 33.0 Å². The van der Waals surface area contributed by atoms with Gasteiger partial charge in [-0.3, -0.25) is 9.78 Å². The summed E-state index contributed by atoms with van der Waals surface area (Å²) in [5, 5.41) is 9.96. The third kappa shape index (κ3) is 7.60. The van der Waals surface area contributed by atoms with Gasteiger partial charge in [0.15, 0.2) is 11.6 Å². The molecule has 4 rings (SSSR count). The van der Waals surface area contributed by atoms with Crippen molar-refractivity contribution in [3.8, 4) is 17.4 Å². The molecule has 1 fully saturated rings. The Kier molecular flexibility index (Phi) is 9.56. The molecule has 12 heteroatoms. The second-order valence-corrected chi connectivity index (χ2v) is 11.1. The molecule has 0 spiro atoms. The number of hydrogen-bond acceptors (Lipinski definition) is 6. The van der Waals surface area contributed by atoms with Gasteiger partial charge in [-0.05, 0) is 70.6 Å². The second kappa shape index (κ2) is 13.0. The summed E-state index contributed by atoms with van der Waals surface area (Å²) in [6.07, 6.45) is 0.528. The predicted octanol–water partition coefficient (Wildman–Crippen LogP) is 7.58. The van der Waals surface area contributed by atoms with Crippen molar-refractivity contribution in [1.29, 1.82) is 0 Å². The average Bonchev–Trinajstić information content (AvgIpc) is 2.94. The van der Waals surface area contributed by atoms with Crippen LogP contribution in [0, 0.1) is 24.6 Å². The van der Waals surface area contributed by atoms with Crippen molar-refractivity contribution in [1.82, 2.24) is 9.97 Å². The molecule has 1 amide bonds. The van der Waals surface area contributed by atoms with Crippen LogP contribution in [0.4, 0.5) is 23.2 Å². The number of pyridine rings is 2. The standard InChI is InChI=1S/C31H33F4N3O5/c1-17(2)38(29(39)21-8-5-18(3)6-9-21)26-13-25(32)27(12-23(26)30(40)41)43-28-24(31(33,34)35)11-20(14-37-28)16-42-22-10-7-19(4)36-15-22/h7,10-15,17-18,21H,5-6,8-9,16H2,1-4H3,(H,40,41). The fourth-order valence-corrected chi connectivity index (χ4v) is 5.02. The number of alkyl halides is 3. The lowest BCUT2D eigenvalue weighted by Crippen LogP contribution is -2.43. The Balaban J connectivity index is 1.65. The van der Waals surface area contributed by atoms with Gasteiger partial charge in [0.2, 0.25) is 11.8 Å². The normalized spacial score (nSPS) is 17.0. The van der Waals surface area contributed by atoms with Gasteiger partial charge in [-0.15, -0.1) is 0 Å². The highest BCUT2D eigenvalue weighted by Crippen LogP contribution is 2.40. The van der Waals surface area contributed by atoms with Crippen LogP contribution in [0.2, 0.25) is 0 Å². The van der Waals surface area contributed by atoms with Gasteiger partial charge in [-0.25, -0.2) is 14.2 Å². The van der Waals surface area contributed by atoms with Gasteiger partial charge in [-0.2, -0.15) is 13.2 Å². The minimum atomic E-state index is -4.94. The lowest BCUT2D eigenvalue weighted by molar-refractivity contribution is -0.139. The number of carbonyl (C=O) groups is 2. The van der Waals surface area contributed by atoms with Crippen LogP contribution >= 0.6 is 0 Å². The molecule has 8 nitrogen and oxygen atoms in total. The number of carboxylic acids is 1. The van der Waals surface area contributed by atoms with Gasteiger partial charge in [0.25, 0.3) is 0 Å². The van der Waals surface area contributed by atoms with Crippen molar-refractivity contribution < 1.29 is 41.7 Å². The summed E-state index contributed by atoms with van der Waals surface area (Å²) in [7, 11) is 0. The quantitative estimate of drug-likeness (QED) is 0.252. The summed E-state index contributed by atoms with van der Waals surface area (Å²) in [4.78, 5) is 34.8. The summed E-state index contributed by atoms with van der Waals surface area (Å²) in [6, 6.07) is 5.14. The van der Waals surface area contributed by atoms with Gasteiger partial charge in [0.1, 0.15) is 17.9 Å². The Labute approximate surface area is 246 Å². The molecule has 0 aliphatic heterocycles. The van der Waals surface area contributed by atoms with Gasteiger partial charge >= 0.3 is 12.1 Å². The van der Waals surface area contributed by atoms with Crippen molar-refractivity contribution in [2.45, 2.75) is 72.2 Å². The zero-order chi connectivity index (χ0) is 31.5. The molecular formula is C31H33F4N3O5. The maximum absolute atomic E-state index is 15.4. The molecule has 2 aromatic heterocycles. The molecule has 1 N–H and O–H groups in total. The highest BCUT2D eigenvalue weighted by atomic mass is 19.4. The highest BCUT2D eigenvalue weighted by Gasteiger charge is 2.37. The maximum Gasteiger partial charge on any atom is 0.421 e. The van der Waals surface area contributed by atoms with E-state index in [0.29, 0.717) is 24.5 Å². The lowest BCUT2D eigenvalue weighted by atomic mass is 9.82. The maximum atomic E-state index is 15.4. The molecule has 0 bridgehead atoms. The first-order valence-corrected chi connectivity index (χ1v) is 13.9. The fraction of sp³-hybridized carbons (Fsp3) is 0.419. The number of benzene rings is 1. The van der Waals surface area contributed by atoms with E-state index in [0.717, 1.165) is 42.9 Å². The Morgan fingerprint density at radius 2 is 1.77 bits per heavy atom. The van der Waals surface area contributed by atoms with Gasteiger partial charge in [-0.1, -0.05) is 6.92 Å². The summed E-state index contributed by atoms with van der Waals surface area (Å²) >= 11 is 0.